The number of nitrogens with zero attached hydrogens (tertiary/aromatic N) is 3. The summed E-state index contributed by atoms with van der Waals surface area (Å²) in [5, 5.41) is 4.36. The molecule has 1 saturated carbocycles. The molecule has 2 atom stereocenters. The highest BCUT2D eigenvalue weighted by molar-refractivity contribution is 5.83. The van der Waals surface area contributed by atoms with Crippen LogP contribution in [0, 0.1) is 5.92 Å². The molecule has 110 valence electrons. The van der Waals surface area contributed by atoms with Crippen molar-refractivity contribution in [2.45, 2.75) is 64.6 Å². The number of hydrogen-bond acceptors (Lipinski definition) is 3. The van der Waals surface area contributed by atoms with Crippen molar-refractivity contribution in [2.24, 2.45) is 5.92 Å². The predicted molar refractivity (Wildman–Crippen MR) is 78.3 cm³/mol. The van der Waals surface area contributed by atoms with E-state index in [2.05, 4.69) is 23.1 Å². The third-order valence-electron chi connectivity index (χ3n) is 4.88. The van der Waals surface area contributed by atoms with E-state index in [9.17, 15) is 4.79 Å². The molecule has 0 N–H and O–H groups in total. The average molecular weight is 275 g/mol. The molecule has 0 aromatic carbocycles. The highest BCUT2D eigenvalue weighted by atomic mass is 16.1. The minimum Gasteiger partial charge on any atom is -0.299 e. The first-order valence-corrected chi connectivity index (χ1v) is 8.06. The van der Waals surface area contributed by atoms with Crippen molar-refractivity contribution in [1.82, 2.24) is 14.7 Å². The normalized spacial score (nSPS) is 28.1. The molecule has 2 heterocycles. The molecule has 1 aliphatic heterocycles. The summed E-state index contributed by atoms with van der Waals surface area (Å²) in [6.07, 6.45) is 10.9. The van der Waals surface area contributed by atoms with Gasteiger partial charge in [0, 0.05) is 43.2 Å². The molecule has 1 aliphatic carbocycles. The lowest BCUT2D eigenvalue weighted by Crippen LogP contribution is -2.44. The first-order valence-electron chi connectivity index (χ1n) is 8.06. The van der Waals surface area contributed by atoms with Crippen molar-refractivity contribution in [3.8, 4) is 0 Å². The third kappa shape index (κ3) is 2.80. The van der Waals surface area contributed by atoms with Crippen molar-refractivity contribution < 1.29 is 4.79 Å². The summed E-state index contributed by atoms with van der Waals surface area (Å²) in [5.41, 5.74) is 1.28. The van der Waals surface area contributed by atoms with Gasteiger partial charge >= 0.3 is 0 Å². The fraction of sp³-hybridized carbons (Fsp3) is 0.750. The minimum absolute atomic E-state index is 0.302. The van der Waals surface area contributed by atoms with Gasteiger partial charge in [0.1, 0.15) is 5.78 Å². The molecule has 1 aromatic rings. The van der Waals surface area contributed by atoms with Gasteiger partial charge in [-0.3, -0.25) is 14.4 Å². The van der Waals surface area contributed by atoms with Crippen LogP contribution in [0.2, 0.25) is 0 Å². The van der Waals surface area contributed by atoms with Crippen LogP contribution in [0.15, 0.2) is 12.4 Å². The lowest BCUT2D eigenvalue weighted by atomic mass is 9.88. The van der Waals surface area contributed by atoms with E-state index in [1.807, 2.05) is 10.9 Å². The van der Waals surface area contributed by atoms with E-state index in [0.717, 1.165) is 38.9 Å². The Morgan fingerprint density at radius 3 is 2.90 bits per heavy atom. The maximum atomic E-state index is 12.1. The first kappa shape index (κ1) is 13.8. The van der Waals surface area contributed by atoms with Crippen LogP contribution in [0.25, 0.3) is 0 Å². The lowest BCUT2D eigenvalue weighted by molar-refractivity contribution is -0.123. The SMILES string of the molecule is CCn1cc(CN2CCCCC2C2CCCC2=O)cn1. The predicted octanol–water partition coefficient (Wildman–Crippen LogP) is 2.63. The Labute approximate surface area is 121 Å². The lowest BCUT2D eigenvalue weighted by Gasteiger charge is -2.38. The summed E-state index contributed by atoms with van der Waals surface area (Å²) in [5.74, 6) is 0.808. The summed E-state index contributed by atoms with van der Waals surface area (Å²) >= 11 is 0. The molecule has 20 heavy (non-hydrogen) atoms. The number of Topliss-reactive ketones (excluding diaryl/α,β-unsaturated/α-hetero) is 1. The van der Waals surface area contributed by atoms with Crippen LogP contribution in [-0.2, 0) is 17.9 Å². The molecule has 0 bridgehead atoms. The van der Waals surface area contributed by atoms with Crippen LogP contribution in [-0.4, -0.2) is 33.1 Å². The average Bonchev–Trinajstić information content (AvgIpc) is 3.08. The molecule has 1 aromatic heterocycles. The summed E-state index contributed by atoms with van der Waals surface area (Å²) in [6.45, 7) is 5.11. The van der Waals surface area contributed by atoms with Gasteiger partial charge in [-0.2, -0.15) is 5.10 Å². The number of likely N-dealkylation sites (tertiary alicyclic amines) is 1. The number of aromatic nitrogens is 2. The van der Waals surface area contributed by atoms with Crippen molar-refractivity contribution in [1.29, 1.82) is 0 Å². The molecule has 3 rings (SSSR count). The Kier molecular flexibility index (Phi) is 4.20. The number of carbonyl (C=O) groups is 1. The highest BCUT2D eigenvalue weighted by Gasteiger charge is 2.36. The number of ketones is 1. The van der Waals surface area contributed by atoms with Crippen molar-refractivity contribution >= 4 is 5.78 Å². The van der Waals surface area contributed by atoms with Crippen LogP contribution in [0.4, 0.5) is 0 Å². The fourth-order valence-electron chi connectivity index (χ4n) is 3.81. The van der Waals surface area contributed by atoms with Crippen molar-refractivity contribution in [3.63, 3.8) is 0 Å². The van der Waals surface area contributed by atoms with E-state index < -0.39 is 0 Å². The second-order valence-electron chi connectivity index (χ2n) is 6.20. The van der Waals surface area contributed by atoms with Gasteiger partial charge in [-0.05, 0) is 39.2 Å². The van der Waals surface area contributed by atoms with Gasteiger partial charge in [-0.15, -0.1) is 0 Å². The van der Waals surface area contributed by atoms with Gasteiger partial charge in [0.25, 0.3) is 0 Å². The smallest absolute Gasteiger partial charge is 0.137 e. The van der Waals surface area contributed by atoms with Crippen LogP contribution in [0.1, 0.15) is 51.0 Å². The topological polar surface area (TPSA) is 38.1 Å². The van der Waals surface area contributed by atoms with E-state index in [1.54, 1.807) is 0 Å². The summed E-state index contributed by atoms with van der Waals surface area (Å²) < 4.78 is 1.98. The zero-order chi connectivity index (χ0) is 13.9. The van der Waals surface area contributed by atoms with Gasteiger partial charge in [-0.1, -0.05) is 6.42 Å². The Hall–Kier alpha value is -1.16. The third-order valence-corrected chi connectivity index (χ3v) is 4.88. The standard InChI is InChI=1S/C16H25N3O/c1-2-19-12-13(10-17-19)11-18-9-4-3-7-15(18)14-6-5-8-16(14)20/h10,12,14-15H,2-9,11H2,1H3. The molecule has 2 unspecified atom stereocenters. The second kappa shape index (κ2) is 6.08. The zero-order valence-electron chi connectivity index (χ0n) is 12.4. The monoisotopic (exact) mass is 275 g/mol. The number of rotatable bonds is 4. The van der Waals surface area contributed by atoms with Crippen molar-refractivity contribution in [3.05, 3.63) is 18.0 Å². The van der Waals surface area contributed by atoms with Gasteiger partial charge in [0.15, 0.2) is 0 Å². The van der Waals surface area contributed by atoms with Crippen LogP contribution >= 0.6 is 0 Å². The van der Waals surface area contributed by atoms with E-state index >= 15 is 0 Å². The van der Waals surface area contributed by atoms with Crippen LogP contribution < -0.4 is 0 Å². The number of carbonyl (C=O) groups excluding carboxylic acids is 1. The Morgan fingerprint density at radius 2 is 2.20 bits per heavy atom. The molecule has 2 fully saturated rings. The maximum absolute atomic E-state index is 12.1. The summed E-state index contributed by atoms with van der Waals surface area (Å²) in [4.78, 5) is 14.6. The van der Waals surface area contributed by atoms with E-state index in [4.69, 9.17) is 0 Å². The minimum atomic E-state index is 0.302. The van der Waals surface area contributed by atoms with Crippen molar-refractivity contribution in [2.75, 3.05) is 6.54 Å². The molecule has 0 radical (unpaired) electrons. The molecular formula is C16H25N3O. The molecule has 1 saturated heterocycles. The Bertz CT molecular complexity index is 468. The van der Waals surface area contributed by atoms with E-state index in [0.29, 0.717) is 17.7 Å². The van der Waals surface area contributed by atoms with E-state index in [-0.39, 0.29) is 0 Å². The largest absolute Gasteiger partial charge is 0.299 e. The molecule has 4 heteroatoms. The summed E-state index contributed by atoms with van der Waals surface area (Å²) in [7, 11) is 0. The second-order valence-corrected chi connectivity index (χ2v) is 6.20. The molecular weight excluding hydrogens is 250 g/mol. The van der Waals surface area contributed by atoms with Gasteiger partial charge in [0.05, 0.1) is 6.20 Å². The van der Waals surface area contributed by atoms with E-state index in [1.165, 1.54) is 24.8 Å². The maximum Gasteiger partial charge on any atom is 0.137 e. The molecule has 4 nitrogen and oxygen atoms in total. The molecule has 2 aliphatic rings. The number of piperidine rings is 1. The number of aryl methyl sites for hydroxylation is 1. The zero-order valence-corrected chi connectivity index (χ0v) is 12.4. The summed E-state index contributed by atoms with van der Waals surface area (Å²) in [6, 6.07) is 0.476. The van der Waals surface area contributed by atoms with Crippen LogP contribution in [0.5, 0.6) is 0 Å². The quantitative estimate of drug-likeness (QED) is 0.848. The number of hydrogen-bond donors (Lipinski definition) is 0. The van der Waals surface area contributed by atoms with Gasteiger partial charge < -0.3 is 0 Å². The Morgan fingerprint density at radius 1 is 1.30 bits per heavy atom. The Balaban J connectivity index is 1.70. The first-order chi connectivity index (χ1) is 9.78. The fourth-order valence-corrected chi connectivity index (χ4v) is 3.81. The highest BCUT2D eigenvalue weighted by Crippen LogP contribution is 2.33. The molecule has 0 spiro atoms. The van der Waals surface area contributed by atoms with Gasteiger partial charge in [-0.25, -0.2) is 0 Å². The molecule has 0 amide bonds. The van der Waals surface area contributed by atoms with Gasteiger partial charge in [0.2, 0.25) is 0 Å². The van der Waals surface area contributed by atoms with Crippen LogP contribution in [0.3, 0.4) is 0 Å².